The first kappa shape index (κ1) is 23.0. The van der Waals surface area contributed by atoms with Crippen LogP contribution in [0.25, 0.3) is 0 Å². The van der Waals surface area contributed by atoms with E-state index in [1.807, 2.05) is 32.9 Å². The van der Waals surface area contributed by atoms with E-state index < -0.39 is 16.0 Å². The maximum Gasteiger partial charge on any atom is 0.337 e. The number of benzene rings is 2. The van der Waals surface area contributed by atoms with Crippen LogP contribution >= 0.6 is 0 Å². The molecule has 0 atom stereocenters. The quantitative estimate of drug-likeness (QED) is 0.713. The Morgan fingerprint density at radius 3 is 2.06 bits per heavy atom. The van der Waals surface area contributed by atoms with E-state index in [-0.39, 0.29) is 11.8 Å². The van der Waals surface area contributed by atoms with Crippen LogP contribution in [0.4, 0.5) is 5.69 Å². The van der Waals surface area contributed by atoms with Crippen molar-refractivity contribution in [2.24, 2.45) is 5.92 Å². The van der Waals surface area contributed by atoms with Crippen molar-refractivity contribution in [2.45, 2.75) is 38.5 Å². The summed E-state index contributed by atoms with van der Waals surface area (Å²) >= 11 is 0. The van der Waals surface area contributed by atoms with E-state index in [4.69, 9.17) is 0 Å². The standard InChI is InChI=1S/C23H28N2O5S/c1-15-13-16(2)21(17(3)14-15)31(28,29)25-11-9-18(10-12-25)22(26)24-20-7-5-19(6-8-20)23(27)30-4/h5-8,13-14,18H,9-12H2,1-4H3,(H,24,26). The maximum absolute atomic E-state index is 13.2. The first-order chi connectivity index (χ1) is 14.6. The SMILES string of the molecule is COC(=O)c1ccc(NC(=O)C2CCN(S(=O)(=O)c3c(C)cc(C)cc3C)CC2)cc1. The van der Waals surface area contributed by atoms with Crippen LogP contribution in [0.1, 0.15) is 39.9 Å². The van der Waals surface area contributed by atoms with Crippen LogP contribution in [0, 0.1) is 26.7 Å². The number of ether oxygens (including phenoxy) is 1. The van der Waals surface area contributed by atoms with Crippen LogP contribution in [0.2, 0.25) is 0 Å². The van der Waals surface area contributed by atoms with Crippen molar-refractivity contribution >= 4 is 27.6 Å². The molecule has 2 aromatic rings. The third kappa shape index (κ3) is 4.97. The van der Waals surface area contributed by atoms with Gasteiger partial charge in [-0.15, -0.1) is 0 Å². The van der Waals surface area contributed by atoms with Gasteiger partial charge in [-0.25, -0.2) is 13.2 Å². The molecule has 1 fully saturated rings. The van der Waals surface area contributed by atoms with Crippen LogP contribution in [0.3, 0.4) is 0 Å². The fourth-order valence-electron chi connectivity index (χ4n) is 4.11. The molecule has 1 saturated heterocycles. The number of piperidine rings is 1. The second-order valence-electron chi connectivity index (χ2n) is 7.96. The fourth-order valence-corrected chi connectivity index (χ4v) is 5.99. The minimum atomic E-state index is -3.61. The summed E-state index contributed by atoms with van der Waals surface area (Å²) < 4.78 is 32.6. The highest BCUT2D eigenvalue weighted by atomic mass is 32.2. The zero-order valence-electron chi connectivity index (χ0n) is 18.3. The van der Waals surface area contributed by atoms with E-state index >= 15 is 0 Å². The molecule has 31 heavy (non-hydrogen) atoms. The zero-order chi connectivity index (χ0) is 22.8. The van der Waals surface area contributed by atoms with Gasteiger partial charge >= 0.3 is 5.97 Å². The van der Waals surface area contributed by atoms with E-state index in [0.717, 1.165) is 16.7 Å². The Morgan fingerprint density at radius 1 is 1.00 bits per heavy atom. The normalized spacial score (nSPS) is 15.5. The Kier molecular flexibility index (Phi) is 6.81. The van der Waals surface area contributed by atoms with Crippen LogP contribution in [-0.4, -0.2) is 44.8 Å². The number of esters is 1. The average molecular weight is 445 g/mol. The highest BCUT2D eigenvalue weighted by Crippen LogP contribution is 2.29. The third-order valence-corrected chi connectivity index (χ3v) is 7.81. The number of rotatable bonds is 5. The second kappa shape index (κ2) is 9.20. The summed E-state index contributed by atoms with van der Waals surface area (Å²) in [5, 5.41) is 2.85. The lowest BCUT2D eigenvalue weighted by Gasteiger charge is -2.31. The molecule has 1 N–H and O–H groups in total. The van der Waals surface area contributed by atoms with Gasteiger partial charge in [0.2, 0.25) is 15.9 Å². The van der Waals surface area contributed by atoms with Crippen molar-refractivity contribution < 1.29 is 22.7 Å². The second-order valence-corrected chi connectivity index (χ2v) is 9.84. The number of nitrogens with one attached hydrogen (secondary N) is 1. The number of nitrogens with zero attached hydrogens (tertiary/aromatic N) is 1. The highest BCUT2D eigenvalue weighted by Gasteiger charge is 2.33. The Labute approximate surface area is 183 Å². The van der Waals surface area contributed by atoms with Crippen LogP contribution in [0.5, 0.6) is 0 Å². The van der Waals surface area contributed by atoms with E-state index in [2.05, 4.69) is 10.1 Å². The molecule has 0 unspecified atom stereocenters. The van der Waals surface area contributed by atoms with Gasteiger partial charge in [0.25, 0.3) is 0 Å². The number of aryl methyl sites for hydroxylation is 3. The summed E-state index contributed by atoms with van der Waals surface area (Å²) in [6, 6.07) is 10.2. The highest BCUT2D eigenvalue weighted by molar-refractivity contribution is 7.89. The van der Waals surface area contributed by atoms with Gasteiger partial charge in [0.1, 0.15) is 0 Å². The van der Waals surface area contributed by atoms with Crippen molar-refractivity contribution in [3.63, 3.8) is 0 Å². The van der Waals surface area contributed by atoms with Gasteiger partial charge in [0.05, 0.1) is 17.6 Å². The van der Waals surface area contributed by atoms with Gasteiger partial charge in [0.15, 0.2) is 0 Å². The molecule has 1 aliphatic heterocycles. The number of sulfonamides is 1. The summed E-state index contributed by atoms with van der Waals surface area (Å²) in [6.07, 6.45) is 0.907. The Hall–Kier alpha value is -2.71. The molecule has 8 heteroatoms. The molecule has 1 aliphatic rings. The number of anilines is 1. The van der Waals surface area contributed by atoms with Crippen LogP contribution in [-0.2, 0) is 19.6 Å². The number of carbonyl (C=O) groups is 2. The molecule has 2 aromatic carbocycles. The molecular weight excluding hydrogens is 416 g/mol. The molecule has 0 spiro atoms. The van der Waals surface area contributed by atoms with Gasteiger partial charge in [-0.1, -0.05) is 17.7 Å². The average Bonchev–Trinajstić information content (AvgIpc) is 2.72. The topological polar surface area (TPSA) is 92.8 Å². The van der Waals surface area contributed by atoms with E-state index in [9.17, 15) is 18.0 Å². The van der Waals surface area contributed by atoms with Crippen molar-refractivity contribution in [1.82, 2.24) is 4.31 Å². The number of carbonyl (C=O) groups excluding carboxylic acids is 2. The molecule has 3 rings (SSSR count). The van der Waals surface area contributed by atoms with Crippen molar-refractivity contribution in [2.75, 3.05) is 25.5 Å². The van der Waals surface area contributed by atoms with Gasteiger partial charge in [-0.05, 0) is 69.0 Å². The number of hydrogen-bond donors (Lipinski definition) is 1. The van der Waals surface area contributed by atoms with Crippen LogP contribution < -0.4 is 5.32 Å². The molecule has 0 radical (unpaired) electrons. The molecule has 0 aromatic heterocycles. The van der Waals surface area contributed by atoms with E-state index in [1.54, 1.807) is 24.3 Å². The Bertz CT molecular complexity index is 1060. The maximum atomic E-state index is 13.2. The van der Waals surface area contributed by atoms with Crippen molar-refractivity contribution in [3.8, 4) is 0 Å². The first-order valence-corrected chi connectivity index (χ1v) is 11.6. The Balaban J connectivity index is 1.64. The Morgan fingerprint density at radius 2 is 1.55 bits per heavy atom. The molecule has 1 heterocycles. The van der Waals surface area contributed by atoms with Crippen molar-refractivity contribution in [3.05, 3.63) is 58.7 Å². The lowest BCUT2D eigenvalue weighted by molar-refractivity contribution is -0.120. The molecular formula is C23H28N2O5S. The monoisotopic (exact) mass is 444 g/mol. The first-order valence-electron chi connectivity index (χ1n) is 10.2. The lowest BCUT2D eigenvalue weighted by Crippen LogP contribution is -2.41. The van der Waals surface area contributed by atoms with Gasteiger partial charge in [-0.2, -0.15) is 4.31 Å². The summed E-state index contributed by atoms with van der Waals surface area (Å²) in [5.41, 5.74) is 3.50. The lowest BCUT2D eigenvalue weighted by atomic mass is 9.97. The molecule has 0 aliphatic carbocycles. The smallest absolute Gasteiger partial charge is 0.337 e. The van der Waals surface area contributed by atoms with Gasteiger partial charge < -0.3 is 10.1 Å². The number of hydrogen-bond acceptors (Lipinski definition) is 5. The third-order valence-electron chi connectivity index (χ3n) is 5.60. The van der Waals surface area contributed by atoms with E-state index in [1.165, 1.54) is 11.4 Å². The summed E-state index contributed by atoms with van der Waals surface area (Å²) in [5.74, 6) is -0.858. The summed E-state index contributed by atoms with van der Waals surface area (Å²) in [4.78, 5) is 24.5. The minimum Gasteiger partial charge on any atom is -0.465 e. The van der Waals surface area contributed by atoms with E-state index in [0.29, 0.717) is 42.1 Å². The van der Waals surface area contributed by atoms with Crippen LogP contribution in [0.15, 0.2) is 41.3 Å². The predicted molar refractivity (Wildman–Crippen MR) is 119 cm³/mol. The molecule has 0 saturated carbocycles. The van der Waals surface area contributed by atoms with Gasteiger partial charge in [0, 0.05) is 24.7 Å². The molecule has 166 valence electrons. The van der Waals surface area contributed by atoms with Crippen molar-refractivity contribution in [1.29, 1.82) is 0 Å². The largest absolute Gasteiger partial charge is 0.465 e. The fraction of sp³-hybridized carbons (Fsp3) is 0.391. The summed E-state index contributed by atoms with van der Waals surface area (Å²) in [7, 11) is -2.29. The number of methoxy groups -OCH3 is 1. The zero-order valence-corrected chi connectivity index (χ0v) is 19.1. The molecule has 1 amide bonds. The predicted octanol–water partition coefficient (Wildman–Crippen LogP) is 3.44. The molecule has 0 bridgehead atoms. The molecule has 7 nitrogen and oxygen atoms in total. The summed E-state index contributed by atoms with van der Waals surface area (Å²) in [6.45, 7) is 6.18. The number of amides is 1. The minimum absolute atomic E-state index is 0.148. The van der Waals surface area contributed by atoms with Gasteiger partial charge in [-0.3, -0.25) is 4.79 Å².